The number of fused-ring (bicyclic) bond motifs is 1. The van der Waals surface area contributed by atoms with Crippen LogP contribution in [-0.4, -0.2) is 41.5 Å². The first-order valence-electron chi connectivity index (χ1n) is 8.84. The average Bonchev–Trinajstić information content (AvgIpc) is 3.34. The summed E-state index contributed by atoms with van der Waals surface area (Å²) < 4.78 is 12.1. The highest BCUT2D eigenvalue weighted by Gasteiger charge is 2.26. The number of nitrogens with zero attached hydrogens (tertiary/aromatic N) is 4. The van der Waals surface area contributed by atoms with Gasteiger partial charge in [0.15, 0.2) is 5.16 Å². The summed E-state index contributed by atoms with van der Waals surface area (Å²) in [7, 11) is 3.04. The van der Waals surface area contributed by atoms with Crippen molar-refractivity contribution >= 4 is 29.4 Å². The number of esters is 1. The quantitative estimate of drug-likeness (QED) is 0.466. The number of anilines is 2. The molecule has 1 aliphatic heterocycles. The molecule has 0 amide bonds. The molecule has 1 aromatic heterocycles. The second-order valence-electron chi connectivity index (χ2n) is 6.26. The monoisotopic (exact) mass is 396 g/mol. The lowest BCUT2D eigenvalue weighted by Crippen LogP contribution is -2.14. The molecule has 2 aromatic carbocycles. The highest BCUT2D eigenvalue weighted by molar-refractivity contribution is 7.98. The maximum atomic E-state index is 11.5. The Morgan fingerprint density at radius 1 is 1.04 bits per heavy atom. The molecule has 2 heterocycles. The zero-order chi connectivity index (χ0) is 19.5. The minimum Gasteiger partial charge on any atom is -0.497 e. The Bertz CT molecular complexity index is 970. The lowest BCUT2D eigenvalue weighted by Gasteiger charge is -2.15. The van der Waals surface area contributed by atoms with E-state index >= 15 is 0 Å². The van der Waals surface area contributed by atoms with E-state index in [9.17, 15) is 4.79 Å². The molecule has 0 saturated carbocycles. The standard InChI is InChI=1S/C20H20N4O3S/c1-26-17-9-7-16(8-10-17)23-11-12-24-19(23)21-22-20(24)28-13-14-3-5-15(6-4-14)18(25)27-2/h3-10H,11-13H2,1-2H3. The summed E-state index contributed by atoms with van der Waals surface area (Å²) >= 11 is 1.64. The maximum absolute atomic E-state index is 11.5. The van der Waals surface area contributed by atoms with Crippen LogP contribution < -0.4 is 9.64 Å². The molecular weight excluding hydrogens is 376 g/mol. The minimum absolute atomic E-state index is 0.326. The van der Waals surface area contributed by atoms with Gasteiger partial charge in [-0.2, -0.15) is 0 Å². The summed E-state index contributed by atoms with van der Waals surface area (Å²) in [6.45, 7) is 1.70. The molecule has 7 nitrogen and oxygen atoms in total. The van der Waals surface area contributed by atoms with Gasteiger partial charge in [-0.25, -0.2) is 4.79 Å². The summed E-state index contributed by atoms with van der Waals surface area (Å²) in [6, 6.07) is 15.4. The van der Waals surface area contributed by atoms with Crippen molar-refractivity contribution < 1.29 is 14.3 Å². The number of ether oxygens (including phenoxy) is 2. The molecule has 8 heteroatoms. The Kier molecular flexibility index (Phi) is 5.21. The predicted molar refractivity (Wildman–Crippen MR) is 107 cm³/mol. The Hall–Kier alpha value is -3.00. The zero-order valence-electron chi connectivity index (χ0n) is 15.7. The van der Waals surface area contributed by atoms with E-state index < -0.39 is 0 Å². The topological polar surface area (TPSA) is 69.5 Å². The predicted octanol–water partition coefficient (Wildman–Crippen LogP) is 3.52. The van der Waals surface area contributed by atoms with E-state index in [1.807, 2.05) is 36.4 Å². The smallest absolute Gasteiger partial charge is 0.337 e. The lowest BCUT2D eigenvalue weighted by atomic mass is 10.1. The first-order chi connectivity index (χ1) is 13.7. The van der Waals surface area contributed by atoms with Gasteiger partial charge in [-0.05, 0) is 42.0 Å². The van der Waals surface area contributed by atoms with Crippen molar-refractivity contribution in [1.82, 2.24) is 14.8 Å². The van der Waals surface area contributed by atoms with Crippen molar-refractivity contribution in [1.29, 1.82) is 0 Å². The fraction of sp³-hybridized carbons (Fsp3) is 0.250. The molecule has 0 fully saturated rings. The second kappa shape index (κ2) is 7.93. The molecule has 0 aliphatic carbocycles. The summed E-state index contributed by atoms with van der Waals surface area (Å²) in [5, 5.41) is 9.63. The van der Waals surface area contributed by atoms with E-state index in [2.05, 4.69) is 19.7 Å². The van der Waals surface area contributed by atoms with E-state index in [0.717, 1.165) is 46.9 Å². The van der Waals surface area contributed by atoms with Crippen molar-refractivity contribution in [2.75, 3.05) is 25.7 Å². The van der Waals surface area contributed by atoms with Gasteiger partial charge in [0.05, 0.1) is 19.8 Å². The Morgan fingerprint density at radius 2 is 1.79 bits per heavy atom. The summed E-state index contributed by atoms with van der Waals surface area (Å²) in [4.78, 5) is 13.7. The van der Waals surface area contributed by atoms with E-state index in [4.69, 9.17) is 9.47 Å². The maximum Gasteiger partial charge on any atom is 0.337 e. The third-order valence-corrected chi connectivity index (χ3v) is 5.65. The number of rotatable bonds is 6. The molecule has 0 atom stereocenters. The molecule has 0 unspecified atom stereocenters. The minimum atomic E-state index is -0.326. The molecule has 144 valence electrons. The molecule has 0 spiro atoms. The lowest BCUT2D eigenvalue weighted by molar-refractivity contribution is 0.0600. The van der Waals surface area contributed by atoms with Crippen molar-refractivity contribution in [2.24, 2.45) is 0 Å². The van der Waals surface area contributed by atoms with Crippen LogP contribution in [0.1, 0.15) is 15.9 Å². The van der Waals surface area contributed by atoms with Gasteiger partial charge in [0.25, 0.3) is 0 Å². The van der Waals surface area contributed by atoms with Crippen LogP contribution in [0.15, 0.2) is 53.7 Å². The van der Waals surface area contributed by atoms with Crippen LogP contribution in [0.4, 0.5) is 11.6 Å². The van der Waals surface area contributed by atoms with Gasteiger partial charge in [0.1, 0.15) is 5.75 Å². The van der Waals surface area contributed by atoms with Crippen LogP contribution in [0.5, 0.6) is 5.75 Å². The van der Waals surface area contributed by atoms with Gasteiger partial charge < -0.3 is 14.4 Å². The molecule has 0 bridgehead atoms. The molecule has 0 saturated heterocycles. The number of methoxy groups -OCH3 is 2. The summed E-state index contributed by atoms with van der Waals surface area (Å²) in [6.07, 6.45) is 0. The second-order valence-corrected chi connectivity index (χ2v) is 7.20. The van der Waals surface area contributed by atoms with Crippen molar-refractivity contribution in [3.8, 4) is 5.75 Å². The number of thioether (sulfide) groups is 1. The Balaban J connectivity index is 1.44. The largest absolute Gasteiger partial charge is 0.497 e. The zero-order valence-corrected chi connectivity index (χ0v) is 16.5. The van der Waals surface area contributed by atoms with Gasteiger partial charge in [0, 0.05) is 24.5 Å². The number of hydrogen-bond acceptors (Lipinski definition) is 7. The fourth-order valence-electron chi connectivity index (χ4n) is 3.09. The molecule has 28 heavy (non-hydrogen) atoms. The van der Waals surface area contributed by atoms with Crippen LogP contribution in [0.3, 0.4) is 0 Å². The molecule has 1 aliphatic rings. The van der Waals surface area contributed by atoms with Crippen LogP contribution in [-0.2, 0) is 17.0 Å². The van der Waals surface area contributed by atoms with Gasteiger partial charge in [-0.3, -0.25) is 4.57 Å². The average molecular weight is 396 g/mol. The highest BCUT2D eigenvalue weighted by Crippen LogP contribution is 2.33. The van der Waals surface area contributed by atoms with Crippen molar-refractivity contribution in [3.05, 3.63) is 59.7 Å². The SMILES string of the molecule is COC(=O)c1ccc(CSc2nnc3n2CCN3c2ccc(OC)cc2)cc1. The number of carbonyl (C=O) groups is 1. The van der Waals surface area contributed by atoms with E-state index in [1.54, 1.807) is 31.0 Å². The van der Waals surface area contributed by atoms with Crippen LogP contribution >= 0.6 is 11.8 Å². The van der Waals surface area contributed by atoms with Gasteiger partial charge in [-0.1, -0.05) is 23.9 Å². The van der Waals surface area contributed by atoms with Crippen LogP contribution in [0.25, 0.3) is 0 Å². The third-order valence-electron chi connectivity index (χ3n) is 4.61. The number of aromatic nitrogens is 3. The van der Waals surface area contributed by atoms with Crippen LogP contribution in [0.2, 0.25) is 0 Å². The number of carbonyl (C=O) groups excluding carboxylic acids is 1. The van der Waals surface area contributed by atoms with Crippen LogP contribution in [0, 0.1) is 0 Å². The van der Waals surface area contributed by atoms with Gasteiger partial charge in [-0.15, -0.1) is 10.2 Å². The normalized spacial score (nSPS) is 12.7. The van der Waals surface area contributed by atoms with Crippen molar-refractivity contribution in [2.45, 2.75) is 17.5 Å². The first kappa shape index (κ1) is 18.4. The van der Waals surface area contributed by atoms with Crippen molar-refractivity contribution in [3.63, 3.8) is 0 Å². The molecular formula is C20H20N4O3S. The fourth-order valence-corrected chi connectivity index (χ4v) is 4.01. The van der Waals surface area contributed by atoms with E-state index in [-0.39, 0.29) is 5.97 Å². The molecule has 3 aromatic rings. The number of benzene rings is 2. The van der Waals surface area contributed by atoms with Gasteiger partial charge >= 0.3 is 5.97 Å². The Morgan fingerprint density at radius 3 is 2.46 bits per heavy atom. The summed E-state index contributed by atoms with van der Waals surface area (Å²) in [5.74, 6) is 2.11. The van der Waals surface area contributed by atoms with E-state index in [0.29, 0.717) is 5.56 Å². The van der Waals surface area contributed by atoms with E-state index in [1.165, 1.54) is 7.11 Å². The third kappa shape index (κ3) is 3.55. The molecule has 0 radical (unpaired) electrons. The molecule has 0 N–H and O–H groups in total. The Labute approximate surface area is 167 Å². The summed E-state index contributed by atoms with van der Waals surface area (Å²) in [5.41, 5.74) is 2.73. The van der Waals surface area contributed by atoms with Gasteiger partial charge in [0.2, 0.25) is 5.95 Å². The first-order valence-corrected chi connectivity index (χ1v) is 9.83. The highest BCUT2D eigenvalue weighted by atomic mass is 32.2. The number of hydrogen-bond donors (Lipinski definition) is 0. The molecule has 4 rings (SSSR count).